The fourth-order valence-electron chi connectivity index (χ4n) is 5.20. The van der Waals surface area contributed by atoms with Crippen LogP contribution in [0.3, 0.4) is 0 Å². The molecule has 1 fully saturated rings. The highest BCUT2D eigenvalue weighted by Gasteiger charge is 2.26. The molecular formula is C32H46N4O3. The van der Waals surface area contributed by atoms with Gasteiger partial charge in [0.05, 0.1) is 18.9 Å². The maximum Gasteiger partial charge on any atom is 0.119 e. The summed E-state index contributed by atoms with van der Waals surface area (Å²) in [5.74, 6) is 1.45. The Kier molecular flexibility index (Phi) is 11.4. The molecule has 0 saturated carbocycles. The first-order valence-corrected chi connectivity index (χ1v) is 14.6. The number of hydrogen-bond donors (Lipinski definition) is 2. The van der Waals surface area contributed by atoms with Crippen LogP contribution in [0.1, 0.15) is 81.6 Å². The van der Waals surface area contributed by atoms with Crippen LogP contribution in [0.4, 0.5) is 5.69 Å². The van der Waals surface area contributed by atoms with Crippen LogP contribution in [-0.4, -0.2) is 50.2 Å². The Labute approximate surface area is 234 Å². The molecule has 0 radical (unpaired) electrons. The van der Waals surface area contributed by atoms with Crippen LogP contribution in [0.2, 0.25) is 0 Å². The van der Waals surface area contributed by atoms with Crippen molar-refractivity contribution in [3.05, 3.63) is 70.9 Å². The molecule has 3 atom stereocenters. The fourth-order valence-corrected chi connectivity index (χ4v) is 5.20. The molecular weight excluding hydrogens is 488 g/mol. The standard InChI is InChI=1S/C32H46N4O3/c1-4-7-24(2)36-22-29-18-31(12-13-32(29)25(3)39-36)38-16-6-5-15-34-20-26(19-33)21-35-30-10-8-27(9-11-30)28-14-17-37-23-28/h8-13,18-19,21,24-25,28,34H,4-7,14-17,20,22-23,33H2,1-3H3/b26-19-,35-21?/t24?,25?,28-/m1/s1. The lowest BCUT2D eigenvalue weighted by atomic mass is 9.98. The number of aliphatic imine (C=N–C) groups is 1. The van der Waals surface area contributed by atoms with Gasteiger partial charge in [0.15, 0.2) is 0 Å². The molecule has 2 aliphatic rings. The van der Waals surface area contributed by atoms with Gasteiger partial charge in [0.2, 0.25) is 0 Å². The predicted molar refractivity (Wildman–Crippen MR) is 158 cm³/mol. The Morgan fingerprint density at radius 2 is 2.08 bits per heavy atom. The molecule has 2 aromatic rings. The average molecular weight is 535 g/mol. The number of ether oxygens (including phenoxy) is 2. The number of nitrogens with two attached hydrogens (primary N) is 1. The highest BCUT2D eigenvalue weighted by Crippen LogP contribution is 2.33. The molecule has 4 rings (SSSR count). The van der Waals surface area contributed by atoms with Gasteiger partial charge in [-0.2, -0.15) is 5.06 Å². The largest absolute Gasteiger partial charge is 0.494 e. The van der Waals surface area contributed by atoms with Crippen molar-refractivity contribution in [2.24, 2.45) is 10.7 Å². The van der Waals surface area contributed by atoms with Crippen molar-refractivity contribution < 1.29 is 14.3 Å². The van der Waals surface area contributed by atoms with Crippen molar-refractivity contribution in [3.63, 3.8) is 0 Å². The van der Waals surface area contributed by atoms with E-state index >= 15 is 0 Å². The van der Waals surface area contributed by atoms with Gasteiger partial charge < -0.3 is 20.5 Å². The molecule has 0 bridgehead atoms. The van der Waals surface area contributed by atoms with E-state index in [2.05, 4.69) is 78.6 Å². The SMILES string of the molecule is CCCC(C)N1Cc2cc(OCCCCNC/C(C=Nc3ccc([C@@H]4CCOC4)cc3)=C/N)ccc2C(C)O1. The minimum Gasteiger partial charge on any atom is -0.494 e. The number of hydrogen-bond acceptors (Lipinski definition) is 7. The summed E-state index contributed by atoms with van der Waals surface area (Å²) in [5.41, 5.74) is 11.6. The first-order chi connectivity index (χ1) is 19.1. The lowest BCUT2D eigenvalue weighted by molar-refractivity contribution is -0.234. The summed E-state index contributed by atoms with van der Waals surface area (Å²) < 4.78 is 11.6. The van der Waals surface area contributed by atoms with Crippen molar-refractivity contribution in [2.45, 2.75) is 77.5 Å². The molecule has 2 aliphatic heterocycles. The van der Waals surface area contributed by atoms with Gasteiger partial charge in [0, 0.05) is 37.9 Å². The average Bonchev–Trinajstić information content (AvgIpc) is 3.49. The molecule has 1 saturated heterocycles. The second-order valence-electron chi connectivity index (χ2n) is 10.7. The molecule has 39 heavy (non-hydrogen) atoms. The highest BCUT2D eigenvalue weighted by atomic mass is 16.7. The molecule has 0 spiro atoms. The molecule has 0 aromatic heterocycles. The molecule has 212 valence electrons. The molecule has 2 aromatic carbocycles. The smallest absolute Gasteiger partial charge is 0.119 e. The number of nitrogens with zero attached hydrogens (tertiary/aromatic N) is 2. The highest BCUT2D eigenvalue weighted by molar-refractivity contribution is 5.81. The zero-order valence-electron chi connectivity index (χ0n) is 23.9. The van der Waals surface area contributed by atoms with E-state index < -0.39 is 0 Å². The topological polar surface area (TPSA) is 81.3 Å². The fraction of sp³-hybridized carbons (Fsp3) is 0.531. The van der Waals surface area contributed by atoms with E-state index in [-0.39, 0.29) is 6.10 Å². The third-order valence-electron chi connectivity index (χ3n) is 7.60. The van der Waals surface area contributed by atoms with E-state index in [0.717, 1.165) is 75.4 Å². The predicted octanol–water partition coefficient (Wildman–Crippen LogP) is 6.18. The molecule has 7 heteroatoms. The summed E-state index contributed by atoms with van der Waals surface area (Å²) in [6.45, 7) is 11.4. The number of unbranched alkanes of at least 4 members (excludes halogenated alkanes) is 1. The van der Waals surface area contributed by atoms with Crippen molar-refractivity contribution in [2.75, 3.05) is 32.9 Å². The van der Waals surface area contributed by atoms with Gasteiger partial charge in [-0.05, 0) is 98.8 Å². The van der Waals surface area contributed by atoms with Crippen LogP contribution >= 0.6 is 0 Å². The van der Waals surface area contributed by atoms with Crippen LogP contribution in [0, 0.1) is 0 Å². The lowest BCUT2D eigenvalue weighted by Crippen LogP contribution is -2.37. The van der Waals surface area contributed by atoms with Gasteiger partial charge in [-0.25, -0.2) is 0 Å². The van der Waals surface area contributed by atoms with E-state index in [4.69, 9.17) is 20.0 Å². The number of fused-ring (bicyclic) bond motifs is 1. The minimum absolute atomic E-state index is 0.0726. The Balaban J connectivity index is 1.13. The summed E-state index contributed by atoms with van der Waals surface area (Å²) in [7, 11) is 0. The van der Waals surface area contributed by atoms with Gasteiger partial charge in [-0.15, -0.1) is 0 Å². The summed E-state index contributed by atoms with van der Waals surface area (Å²) in [5, 5.41) is 5.59. The van der Waals surface area contributed by atoms with E-state index in [1.54, 1.807) is 6.20 Å². The maximum absolute atomic E-state index is 6.15. The Hall–Kier alpha value is -2.71. The summed E-state index contributed by atoms with van der Waals surface area (Å²) in [4.78, 5) is 10.7. The second-order valence-corrected chi connectivity index (χ2v) is 10.7. The van der Waals surface area contributed by atoms with Gasteiger partial charge in [0.1, 0.15) is 11.9 Å². The quantitative estimate of drug-likeness (QED) is 0.222. The first kappa shape index (κ1) is 29.3. The van der Waals surface area contributed by atoms with Crippen LogP contribution in [0.15, 0.2) is 59.2 Å². The Morgan fingerprint density at radius 3 is 2.82 bits per heavy atom. The van der Waals surface area contributed by atoms with Gasteiger partial charge in [-0.3, -0.25) is 9.83 Å². The third kappa shape index (κ3) is 8.64. The van der Waals surface area contributed by atoms with E-state index in [1.807, 2.05) is 6.21 Å². The normalized spacial score (nSPS) is 20.8. The first-order valence-electron chi connectivity index (χ1n) is 14.6. The van der Waals surface area contributed by atoms with Gasteiger partial charge in [-0.1, -0.05) is 31.5 Å². The Bertz CT molecular complexity index is 1080. The van der Waals surface area contributed by atoms with Crippen molar-refractivity contribution >= 4 is 11.9 Å². The second kappa shape index (κ2) is 15.2. The van der Waals surface area contributed by atoms with E-state index in [9.17, 15) is 0 Å². The minimum atomic E-state index is 0.0726. The summed E-state index contributed by atoms with van der Waals surface area (Å²) >= 11 is 0. The maximum atomic E-state index is 6.15. The lowest BCUT2D eigenvalue weighted by Gasteiger charge is -2.36. The molecule has 2 unspecified atom stereocenters. The van der Waals surface area contributed by atoms with Crippen molar-refractivity contribution in [3.8, 4) is 5.75 Å². The van der Waals surface area contributed by atoms with Crippen molar-refractivity contribution in [1.29, 1.82) is 0 Å². The zero-order valence-corrected chi connectivity index (χ0v) is 23.9. The van der Waals surface area contributed by atoms with Gasteiger partial charge in [0.25, 0.3) is 0 Å². The molecule has 0 aliphatic carbocycles. The number of hydroxylamine groups is 2. The summed E-state index contributed by atoms with van der Waals surface area (Å²) in [6.07, 6.45) is 8.93. The van der Waals surface area contributed by atoms with Crippen LogP contribution < -0.4 is 15.8 Å². The van der Waals surface area contributed by atoms with Crippen LogP contribution in [0.5, 0.6) is 5.75 Å². The zero-order chi connectivity index (χ0) is 27.5. The molecule has 0 amide bonds. The number of rotatable bonds is 14. The number of nitrogens with one attached hydrogen (secondary N) is 1. The van der Waals surface area contributed by atoms with Gasteiger partial charge >= 0.3 is 0 Å². The molecule has 7 nitrogen and oxygen atoms in total. The van der Waals surface area contributed by atoms with Crippen LogP contribution in [-0.2, 0) is 16.1 Å². The van der Waals surface area contributed by atoms with E-state index in [1.165, 1.54) is 16.7 Å². The third-order valence-corrected chi connectivity index (χ3v) is 7.60. The van der Waals surface area contributed by atoms with Crippen LogP contribution in [0.25, 0.3) is 0 Å². The molecule has 2 heterocycles. The summed E-state index contributed by atoms with van der Waals surface area (Å²) in [6, 6.07) is 15.2. The Morgan fingerprint density at radius 1 is 1.23 bits per heavy atom. The number of benzene rings is 2. The van der Waals surface area contributed by atoms with E-state index in [0.29, 0.717) is 25.1 Å². The van der Waals surface area contributed by atoms with Crippen molar-refractivity contribution in [1.82, 2.24) is 10.4 Å². The monoisotopic (exact) mass is 534 g/mol. The molecule has 3 N–H and O–H groups in total.